The van der Waals surface area contributed by atoms with Gasteiger partial charge in [-0.2, -0.15) is 13.2 Å². The summed E-state index contributed by atoms with van der Waals surface area (Å²) in [6.45, 7) is 1.90. The number of hydrogen-bond acceptors (Lipinski definition) is 3. The van der Waals surface area contributed by atoms with Gasteiger partial charge >= 0.3 is 12.1 Å². The molecule has 0 saturated heterocycles. The smallest absolute Gasteiger partial charge is 0.406 e. The van der Waals surface area contributed by atoms with E-state index in [4.69, 9.17) is 9.52 Å². The summed E-state index contributed by atoms with van der Waals surface area (Å²) in [6, 6.07) is 0. The van der Waals surface area contributed by atoms with Crippen LogP contribution in [0.1, 0.15) is 27.4 Å². The van der Waals surface area contributed by atoms with Gasteiger partial charge in [0.2, 0.25) is 0 Å². The summed E-state index contributed by atoms with van der Waals surface area (Å²) in [5, 5.41) is 8.64. The Hall–Kier alpha value is -1.99. The van der Waals surface area contributed by atoms with Crippen LogP contribution in [0.4, 0.5) is 13.2 Å². The molecule has 0 atom stereocenters. The molecule has 0 fully saturated rings. The molecule has 0 aliphatic rings. The molecule has 1 aromatic heterocycles. The van der Waals surface area contributed by atoms with Crippen LogP contribution in [0.25, 0.3) is 0 Å². The standard InChI is InChI=1S/C12H14F3NO4/c1-6-7(2)20-8(3)10(6)11(19)16(4-9(17)18)5-12(13,14)15/h4-5H2,1-3H3,(H,17,18). The van der Waals surface area contributed by atoms with Crippen molar-refractivity contribution in [1.29, 1.82) is 0 Å². The van der Waals surface area contributed by atoms with Crippen molar-refractivity contribution in [2.45, 2.75) is 26.9 Å². The fraction of sp³-hybridized carbons (Fsp3) is 0.500. The van der Waals surface area contributed by atoms with Crippen molar-refractivity contribution < 1.29 is 32.3 Å². The van der Waals surface area contributed by atoms with E-state index < -0.39 is 31.1 Å². The Morgan fingerprint density at radius 1 is 1.20 bits per heavy atom. The first kappa shape index (κ1) is 16.1. The predicted molar refractivity (Wildman–Crippen MR) is 62.5 cm³/mol. The van der Waals surface area contributed by atoms with Crippen LogP contribution in [-0.4, -0.2) is 41.1 Å². The SMILES string of the molecule is Cc1oc(C)c(C(=O)N(CC(=O)O)CC(F)(F)F)c1C. The number of furan rings is 1. The van der Waals surface area contributed by atoms with E-state index in [-0.39, 0.29) is 16.2 Å². The summed E-state index contributed by atoms with van der Waals surface area (Å²) >= 11 is 0. The highest BCUT2D eigenvalue weighted by molar-refractivity contribution is 5.98. The number of aliphatic carboxylic acids is 1. The third-order valence-corrected chi connectivity index (χ3v) is 2.76. The number of carboxylic acid groups (broad SMARTS) is 1. The van der Waals surface area contributed by atoms with E-state index in [1.54, 1.807) is 6.92 Å². The molecule has 1 N–H and O–H groups in total. The summed E-state index contributed by atoms with van der Waals surface area (Å²) in [5.74, 6) is -1.94. The second-order valence-corrected chi connectivity index (χ2v) is 4.38. The topological polar surface area (TPSA) is 70.8 Å². The molecule has 1 amide bonds. The lowest BCUT2D eigenvalue weighted by molar-refractivity contribution is -0.149. The van der Waals surface area contributed by atoms with Crippen molar-refractivity contribution in [3.63, 3.8) is 0 Å². The molecule has 5 nitrogen and oxygen atoms in total. The van der Waals surface area contributed by atoms with Crippen molar-refractivity contribution in [2.75, 3.05) is 13.1 Å². The molecule has 0 unspecified atom stereocenters. The number of nitrogens with zero attached hydrogens (tertiary/aromatic N) is 1. The second kappa shape index (κ2) is 5.56. The number of aryl methyl sites for hydroxylation is 2. The monoisotopic (exact) mass is 293 g/mol. The molecular formula is C12H14F3NO4. The molecule has 20 heavy (non-hydrogen) atoms. The van der Waals surface area contributed by atoms with E-state index >= 15 is 0 Å². The van der Waals surface area contributed by atoms with Crippen molar-refractivity contribution in [2.24, 2.45) is 0 Å². The summed E-state index contributed by atoms with van der Waals surface area (Å²) in [6.07, 6.45) is -4.67. The summed E-state index contributed by atoms with van der Waals surface area (Å²) in [4.78, 5) is 23.0. The number of rotatable bonds is 4. The van der Waals surface area contributed by atoms with E-state index in [2.05, 4.69) is 0 Å². The number of carbonyl (C=O) groups is 2. The highest BCUT2D eigenvalue weighted by Gasteiger charge is 2.35. The van der Waals surface area contributed by atoms with Crippen LogP contribution in [-0.2, 0) is 4.79 Å². The summed E-state index contributed by atoms with van der Waals surface area (Å²) in [7, 11) is 0. The highest BCUT2D eigenvalue weighted by atomic mass is 19.4. The summed E-state index contributed by atoms with van der Waals surface area (Å²) in [5.41, 5.74) is 0.387. The third kappa shape index (κ3) is 3.75. The van der Waals surface area contributed by atoms with Gasteiger partial charge in [-0.15, -0.1) is 0 Å². The van der Waals surface area contributed by atoms with Crippen LogP contribution >= 0.6 is 0 Å². The molecule has 0 aliphatic carbocycles. The van der Waals surface area contributed by atoms with Gasteiger partial charge in [0.15, 0.2) is 0 Å². The van der Waals surface area contributed by atoms with E-state index in [9.17, 15) is 22.8 Å². The molecule has 0 bridgehead atoms. The lowest BCUT2D eigenvalue weighted by Gasteiger charge is -2.22. The number of amides is 1. The van der Waals surface area contributed by atoms with Gasteiger partial charge in [0.25, 0.3) is 5.91 Å². The minimum Gasteiger partial charge on any atom is -0.480 e. The minimum atomic E-state index is -4.67. The van der Waals surface area contributed by atoms with Crippen LogP contribution in [0.3, 0.4) is 0 Å². The van der Waals surface area contributed by atoms with Crippen molar-refractivity contribution in [1.82, 2.24) is 4.90 Å². The molecule has 0 aliphatic heterocycles. The quantitative estimate of drug-likeness (QED) is 0.924. The predicted octanol–water partition coefficient (Wildman–Crippen LogP) is 2.29. The minimum absolute atomic E-state index is 0.0204. The fourth-order valence-electron chi connectivity index (χ4n) is 1.85. The van der Waals surface area contributed by atoms with Gasteiger partial charge in [-0.25, -0.2) is 0 Å². The zero-order valence-electron chi connectivity index (χ0n) is 11.2. The van der Waals surface area contributed by atoms with Gasteiger partial charge in [-0.1, -0.05) is 0 Å². The van der Waals surface area contributed by atoms with Crippen molar-refractivity contribution >= 4 is 11.9 Å². The van der Waals surface area contributed by atoms with E-state index in [0.717, 1.165) is 0 Å². The number of halogens is 3. The Morgan fingerprint density at radius 3 is 2.10 bits per heavy atom. The fourth-order valence-corrected chi connectivity index (χ4v) is 1.85. The Labute approximate surface area is 113 Å². The molecular weight excluding hydrogens is 279 g/mol. The molecule has 0 spiro atoms. The Morgan fingerprint density at radius 2 is 1.75 bits per heavy atom. The Kier molecular flexibility index (Phi) is 4.46. The van der Waals surface area contributed by atoms with Gasteiger partial charge < -0.3 is 14.4 Å². The molecule has 1 aromatic rings. The number of hydrogen-bond donors (Lipinski definition) is 1. The summed E-state index contributed by atoms with van der Waals surface area (Å²) < 4.78 is 42.5. The molecule has 8 heteroatoms. The number of carboxylic acids is 1. The van der Waals surface area contributed by atoms with Gasteiger partial charge in [0.1, 0.15) is 24.6 Å². The molecule has 1 heterocycles. The van der Waals surface area contributed by atoms with Gasteiger partial charge in [0, 0.05) is 5.56 Å². The number of alkyl halides is 3. The third-order valence-electron chi connectivity index (χ3n) is 2.76. The van der Waals surface area contributed by atoms with E-state index in [0.29, 0.717) is 11.3 Å². The van der Waals surface area contributed by atoms with Crippen LogP contribution < -0.4 is 0 Å². The molecule has 0 aromatic carbocycles. The first-order valence-electron chi connectivity index (χ1n) is 5.67. The largest absolute Gasteiger partial charge is 0.480 e. The second-order valence-electron chi connectivity index (χ2n) is 4.38. The molecule has 1 rings (SSSR count). The lowest BCUT2D eigenvalue weighted by atomic mass is 10.1. The van der Waals surface area contributed by atoms with Gasteiger partial charge in [-0.05, 0) is 20.8 Å². The molecule has 0 radical (unpaired) electrons. The van der Waals surface area contributed by atoms with Crippen LogP contribution in [0.15, 0.2) is 4.42 Å². The van der Waals surface area contributed by atoms with Crippen LogP contribution in [0.5, 0.6) is 0 Å². The number of carbonyl (C=O) groups excluding carboxylic acids is 1. The van der Waals surface area contributed by atoms with E-state index in [1.165, 1.54) is 13.8 Å². The van der Waals surface area contributed by atoms with E-state index in [1.807, 2.05) is 0 Å². The molecule has 0 saturated carbocycles. The van der Waals surface area contributed by atoms with Crippen LogP contribution in [0.2, 0.25) is 0 Å². The Bertz CT molecular complexity index is 534. The maximum absolute atomic E-state index is 12.4. The van der Waals surface area contributed by atoms with Crippen molar-refractivity contribution in [3.05, 3.63) is 22.6 Å². The zero-order valence-corrected chi connectivity index (χ0v) is 11.2. The average Bonchev–Trinajstić information content (AvgIpc) is 2.48. The maximum Gasteiger partial charge on any atom is 0.406 e. The Balaban J connectivity index is 3.13. The maximum atomic E-state index is 12.4. The average molecular weight is 293 g/mol. The lowest BCUT2D eigenvalue weighted by Crippen LogP contribution is -2.42. The van der Waals surface area contributed by atoms with Crippen molar-refractivity contribution in [3.8, 4) is 0 Å². The molecule has 112 valence electrons. The first-order chi connectivity index (χ1) is 9.03. The van der Waals surface area contributed by atoms with Gasteiger partial charge in [-0.3, -0.25) is 9.59 Å². The highest BCUT2D eigenvalue weighted by Crippen LogP contribution is 2.24. The van der Waals surface area contributed by atoms with Gasteiger partial charge in [0.05, 0.1) is 5.56 Å². The normalized spacial score (nSPS) is 11.5. The first-order valence-corrected chi connectivity index (χ1v) is 5.67. The zero-order chi connectivity index (χ0) is 15.7. The van der Waals surface area contributed by atoms with Crippen LogP contribution in [0, 0.1) is 20.8 Å².